The zero-order valence-electron chi connectivity index (χ0n) is 12.1. The van der Waals surface area contributed by atoms with Gasteiger partial charge in [0.2, 0.25) is 0 Å². The van der Waals surface area contributed by atoms with E-state index >= 15 is 0 Å². The van der Waals surface area contributed by atoms with Crippen LogP contribution in [0.15, 0.2) is 30.3 Å². The molecule has 1 unspecified atom stereocenters. The van der Waals surface area contributed by atoms with E-state index in [1.165, 1.54) is 0 Å². The van der Waals surface area contributed by atoms with Crippen molar-refractivity contribution in [3.05, 3.63) is 41.6 Å². The van der Waals surface area contributed by atoms with Crippen molar-refractivity contribution in [3.8, 4) is 0 Å². The maximum Gasteiger partial charge on any atom is 0.170 e. The molecule has 3 nitrogen and oxygen atoms in total. The third-order valence-electron chi connectivity index (χ3n) is 4.24. The first kappa shape index (κ1) is 13.3. The van der Waals surface area contributed by atoms with Gasteiger partial charge in [0.05, 0.1) is 5.52 Å². The van der Waals surface area contributed by atoms with Crippen molar-refractivity contribution in [2.24, 2.45) is 5.41 Å². The van der Waals surface area contributed by atoms with E-state index < -0.39 is 0 Å². The van der Waals surface area contributed by atoms with Gasteiger partial charge in [-0.05, 0) is 50.6 Å². The first-order chi connectivity index (χ1) is 9.58. The van der Waals surface area contributed by atoms with Crippen LogP contribution >= 0.6 is 0 Å². The number of ketones is 1. The Hall–Kier alpha value is -1.74. The number of benzene rings is 1. The van der Waals surface area contributed by atoms with Gasteiger partial charge in [-0.3, -0.25) is 9.78 Å². The minimum atomic E-state index is -0.274. The van der Waals surface area contributed by atoms with E-state index in [9.17, 15) is 4.79 Å². The smallest absolute Gasteiger partial charge is 0.170 e. The highest BCUT2D eigenvalue weighted by Gasteiger charge is 2.35. The molecule has 1 saturated heterocycles. The van der Waals surface area contributed by atoms with Crippen LogP contribution < -0.4 is 5.32 Å². The molecule has 2 aromatic rings. The minimum Gasteiger partial charge on any atom is -0.316 e. The van der Waals surface area contributed by atoms with Crippen LogP contribution in [-0.4, -0.2) is 23.9 Å². The number of Topliss-reactive ketones (excluding diaryl/α,β-unsaturated/α-hetero) is 1. The van der Waals surface area contributed by atoms with E-state index in [2.05, 4.69) is 17.2 Å². The number of aryl methyl sites for hydroxylation is 1. The zero-order valence-corrected chi connectivity index (χ0v) is 12.1. The van der Waals surface area contributed by atoms with Gasteiger partial charge in [-0.15, -0.1) is 0 Å². The summed E-state index contributed by atoms with van der Waals surface area (Å²) in [7, 11) is 0. The van der Waals surface area contributed by atoms with Gasteiger partial charge in [-0.2, -0.15) is 0 Å². The van der Waals surface area contributed by atoms with Crippen molar-refractivity contribution in [1.82, 2.24) is 10.3 Å². The second kappa shape index (κ2) is 4.98. The minimum absolute atomic E-state index is 0.243. The number of pyridine rings is 1. The van der Waals surface area contributed by atoms with Gasteiger partial charge in [-0.25, -0.2) is 0 Å². The predicted octanol–water partition coefficient (Wildman–Crippen LogP) is 3.12. The van der Waals surface area contributed by atoms with Gasteiger partial charge in [0.25, 0.3) is 0 Å². The van der Waals surface area contributed by atoms with Gasteiger partial charge < -0.3 is 5.32 Å². The van der Waals surface area contributed by atoms with Crippen LogP contribution in [0, 0.1) is 12.3 Å². The van der Waals surface area contributed by atoms with E-state index in [0.717, 1.165) is 48.1 Å². The summed E-state index contributed by atoms with van der Waals surface area (Å²) in [5.41, 5.74) is 2.48. The number of hydrogen-bond acceptors (Lipinski definition) is 3. The van der Waals surface area contributed by atoms with Crippen molar-refractivity contribution in [1.29, 1.82) is 0 Å². The van der Waals surface area contributed by atoms with E-state index in [1.54, 1.807) is 0 Å². The lowest BCUT2D eigenvalue weighted by molar-refractivity contribution is 0.0773. The molecule has 0 spiro atoms. The highest BCUT2D eigenvalue weighted by atomic mass is 16.1. The molecule has 0 amide bonds. The number of nitrogens with zero attached hydrogens (tertiary/aromatic N) is 1. The monoisotopic (exact) mass is 268 g/mol. The maximum absolute atomic E-state index is 12.8. The van der Waals surface area contributed by atoms with E-state index in [0.29, 0.717) is 0 Å². The fraction of sp³-hybridized carbons (Fsp3) is 0.412. The molecule has 1 atom stereocenters. The first-order valence-corrected chi connectivity index (χ1v) is 7.21. The standard InChI is InChI=1S/C17H20N2O/c1-12-4-5-13-10-14(6-7-15(13)19-12)16(20)17(2)8-3-9-18-11-17/h4-7,10,18H,3,8-9,11H2,1-2H3. The molecule has 104 valence electrons. The Labute approximate surface area is 119 Å². The van der Waals surface area contributed by atoms with Gasteiger partial charge in [0, 0.05) is 28.6 Å². The Morgan fingerprint density at radius 2 is 2.15 bits per heavy atom. The Kier molecular flexibility index (Phi) is 3.30. The van der Waals surface area contributed by atoms with Gasteiger partial charge in [-0.1, -0.05) is 13.0 Å². The van der Waals surface area contributed by atoms with Crippen molar-refractivity contribution < 1.29 is 4.79 Å². The fourth-order valence-electron chi connectivity index (χ4n) is 2.97. The third-order valence-corrected chi connectivity index (χ3v) is 4.24. The Morgan fingerprint density at radius 3 is 2.90 bits per heavy atom. The van der Waals surface area contributed by atoms with E-state index in [4.69, 9.17) is 0 Å². The number of nitrogens with one attached hydrogen (secondary N) is 1. The highest BCUT2D eigenvalue weighted by Crippen LogP contribution is 2.30. The summed E-state index contributed by atoms with van der Waals surface area (Å²) in [5.74, 6) is 0.243. The van der Waals surface area contributed by atoms with Crippen LogP contribution in [0.4, 0.5) is 0 Å². The lowest BCUT2D eigenvalue weighted by atomic mass is 9.76. The van der Waals surface area contributed by atoms with Gasteiger partial charge in [0.15, 0.2) is 5.78 Å². The van der Waals surface area contributed by atoms with Crippen LogP contribution in [0.5, 0.6) is 0 Å². The number of fused-ring (bicyclic) bond motifs is 1. The summed E-state index contributed by atoms with van der Waals surface area (Å²) < 4.78 is 0. The predicted molar refractivity (Wildman–Crippen MR) is 81.0 cm³/mol. The van der Waals surface area contributed by atoms with E-state index in [1.807, 2.05) is 37.3 Å². The van der Waals surface area contributed by atoms with Crippen molar-refractivity contribution in [2.45, 2.75) is 26.7 Å². The van der Waals surface area contributed by atoms with Crippen LogP contribution in [-0.2, 0) is 0 Å². The summed E-state index contributed by atoms with van der Waals surface area (Å²) in [6, 6.07) is 9.87. The third kappa shape index (κ3) is 2.34. The van der Waals surface area contributed by atoms with Crippen molar-refractivity contribution in [2.75, 3.05) is 13.1 Å². The molecule has 1 aliphatic rings. The normalized spacial score (nSPS) is 22.9. The number of hydrogen-bond donors (Lipinski definition) is 1. The molecule has 0 radical (unpaired) electrons. The van der Waals surface area contributed by atoms with Gasteiger partial charge in [0.1, 0.15) is 0 Å². The summed E-state index contributed by atoms with van der Waals surface area (Å²) in [6.07, 6.45) is 2.03. The largest absolute Gasteiger partial charge is 0.316 e. The second-order valence-electron chi connectivity index (χ2n) is 6.03. The average Bonchev–Trinajstić information content (AvgIpc) is 2.46. The lowest BCUT2D eigenvalue weighted by Gasteiger charge is -2.32. The molecule has 1 aromatic carbocycles. The Morgan fingerprint density at radius 1 is 1.30 bits per heavy atom. The summed E-state index contributed by atoms with van der Waals surface area (Å²) in [4.78, 5) is 17.3. The quantitative estimate of drug-likeness (QED) is 0.851. The molecule has 3 rings (SSSR count). The Balaban J connectivity index is 1.97. The molecule has 20 heavy (non-hydrogen) atoms. The molecule has 1 fully saturated rings. The van der Waals surface area contributed by atoms with E-state index in [-0.39, 0.29) is 11.2 Å². The Bertz CT molecular complexity index is 657. The maximum atomic E-state index is 12.8. The van der Waals surface area contributed by atoms with Crippen molar-refractivity contribution >= 4 is 16.7 Å². The molecule has 0 aliphatic carbocycles. The number of carbonyl (C=O) groups excluding carboxylic acids is 1. The lowest BCUT2D eigenvalue weighted by Crippen LogP contribution is -2.43. The van der Waals surface area contributed by atoms with Crippen molar-refractivity contribution in [3.63, 3.8) is 0 Å². The second-order valence-corrected chi connectivity index (χ2v) is 6.03. The summed E-state index contributed by atoms with van der Waals surface area (Å²) in [5, 5.41) is 4.37. The molecule has 0 saturated carbocycles. The molecular formula is C17H20N2O. The van der Waals surface area contributed by atoms with Crippen LogP contribution in [0.1, 0.15) is 35.8 Å². The average molecular weight is 268 g/mol. The highest BCUT2D eigenvalue weighted by molar-refractivity contribution is 6.03. The SMILES string of the molecule is Cc1ccc2cc(C(=O)C3(C)CCCNC3)ccc2n1. The number of rotatable bonds is 2. The number of aromatic nitrogens is 1. The van der Waals surface area contributed by atoms with Crippen LogP contribution in [0.2, 0.25) is 0 Å². The molecular weight excluding hydrogens is 248 g/mol. The fourth-order valence-corrected chi connectivity index (χ4v) is 2.97. The number of carbonyl (C=O) groups is 1. The van der Waals surface area contributed by atoms with Gasteiger partial charge >= 0.3 is 0 Å². The summed E-state index contributed by atoms with van der Waals surface area (Å²) >= 11 is 0. The number of piperidine rings is 1. The zero-order chi connectivity index (χ0) is 14.2. The summed E-state index contributed by atoms with van der Waals surface area (Å²) in [6.45, 7) is 5.84. The molecule has 0 bridgehead atoms. The molecule has 1 N–H and O–H groups in total. The van der Waals surface area contributed by atoms with Crippen LogP contribution in [0.25, 0.3) is 10.9 Å². The topological polar surface area (TPSA) is 42.0 Å². The molecule has 3 heteroatoms. The first-order valence-electron chi connectivity index (χ1n) is 7.21. The molecule has 1 aromatic heterocycles. The van der Waals surface area contributed by atoms with Crippen LogP contribution in [0.3, 0.4) is 0 Å². The molecule has 1 aliphatic heterocycles. The molecule has 2 heterocycles.